The van der Waals surface area contributed by atoms with E-state index in [0.717, 1.165) is 27.9 Å². The highest BCUT2D eigenvalue weighted by Crippen LogP contribution is 2.22. The number of nitrogens with zero attached hydrogens (tertiary/aromatic N) is 2. The first-order valence-electron chi connectivity index (χ1n) is 4.62. The molecule has 3 nitrogen and oxygen atoms in total. The van der Waals surface area contributed by atoms with E-state index in [4.69, 9.17) is 5.73 Å². The Bertz CT molecular complexity index is 462. The lowest BCUT2D eigenvalue weighted by atomic mass is 10.2. The van der Waals surface area contributed by atoms with Gasteiger partial charge in [-0.2, -0.15) is 0 Å². The summed E-state index contributed by atoms with van der Waals surface area (Å²) in [5.74, 6) is 1.06. The molecule has 0 aliphatic heterocycles. The predicted molar refractivity (Wildman–Crippen MR) is 60.2 cm³/mol. The first kappa shape index (κ1) is 9.68. The van der Waals surface area contributed by atoms with Crippen LogP contribution in [0.2, 0.25) is 0 Å². The Labute approximate surface area is 91.1 Å². The molecule has 0 spiro atoms. The normalized spacial score (nSPS) is 11.1. The third kappa shape index (κ3) is 1.35. The maximum absolute atomic E-state index is 5.67. The topological polar surface area (TPSA) is 43.3 Å². The zero-order chi connectivity index (χ0) is 10.1. The molecule has 14 heavy (non-hydrogen) atoms. The van der Waals surface area contributed by atoms with E-state index < -0.39 is 0 Å². The minimum atomic E-state index is 0.539. The Morgan fingerprint density at radius 2 is 2.36 bits per heavy atom. The summed E-state index contributed by atoms with van der Waals surface area (Å²) in [7, 11) is 0. The first-order valence-corrected chi connectivity index (χ1v) is 5.41. The second-order valence-corrected chi connectivity index (χ2v) is 3.88. The molecule has 74 valence electrons. The molecule has 0 saturated carbocycles. The number of rotatable bonds is 2. The van der Waals surface area contributed by atoms with Crippen LogP contribution in [0.1, 0.15) is 18.3 Å². The van der Waals surface area contributed by atoms with E-state index in [1.54, 1.807) is 0 Å². The van der Waals surface area contributed by atoms with Crippen LogP contribution >= 0.6 is 15.9 Å². The van der Waals surface area contributed by atoms with Crippen molar-refractivity contribution in [1.29, 1.82) is 0 Å². The molecule has 0 amide bonds. The van der Waals surface area contributed by atoms with Crippen molar-refractivity contribution in [1.82, 2.24) is 9.38 Å². The number of hydrogen-bond acceptors (Lipinski definition) is 2. The summed E-state index contributed by atoms with van der Waals surface area (Å²) >= 11 is 3.46. The highest BCUT2D eigenvalue weighted by Gasteiger charge is 2.09. The van der Waals surface area contributed by atoms with Crippen molar-refractivity contribution in [2.24, 2.45) is 5.73 Å². The molecular formula is C10H12BrN3. The van der Waals surface area contributed by atoms with Crippen molar-refractivity contribution in [3.8, 4) is 0 Å². The van der Waals surface area contributed by atoms with Crippen molar-refractivity contribution < 1.29 is 0 Å². The minimum Gasteiger partial charge on any atom is -0.326 e. The molecule has 0 aliphatic rings. The fourth-order valence-corrected chi connectivity index (χ4v) is 2.29. The standard InChI is InChI=1S/C10H12BrN3/c1-2-8-13-10(11)9-7(6-12)4-3-5-14(8)9/h3-5H,2,6,12H2,1H3. The highest BCUT2D eigenvalue weighted by molar-refractivity contribution is 9.10. The molecule has 4 heteroatoms. The van der Waals surface area contributed by atoms with Gasteiger partial charge in [0.1, 0.15) is 10.4 Å². The number of halogens is 1. The maximum Gasteiger partial charge on any atom is 0.132 e. The van der Waals surface area contributed by atoms with Gasteiger partial charge < -0.3 is 10.1 Å². The predicted octanol–water partition coefficient (Wildman–Crippen LogP) is 2.12. The third-order valence-corrected chi connectivity index (χ3v) is 2.87. The first-order chi connectivity index (χ1) is 6.77. The van der Waals surface area contributed by atoms with E-state index in [1.165, 1.54) is 0 Å². The van der Waals surface area contributed by atoms with Crippen LogP contribution in [0.5, 0.6) is 0 Å². The van der Waals surface area contributed by atoms with Gasteiger partial charge in [-0.15, -0.1) is 0 Å². The van der Waals surface area contributed by atoms with Crippen LogP contribution in [0.25, 0.3) is 5.52 Å². The molecule has 0 bridgehead atoms. The Balaban J connectivity index is 2.81. The van der Waals surface area contributed by atoms with Gasteiger partial charge in [0.05, 0.1) is 5.52 Å². The van der Waals surface area contributed by atoms with Gasteiger partial charge >= 0.3 is 0 Å². The molecular weight excluding hydrogens is 242 g/mol. The summed E-state index contributed by atoms with van der Waals surface area (Å²) in [6, 6.07) is 4.03. The fraction of sp³-hybridized carbons (Fsp3) is 0.300. The van der Waals surface area contributed by atoms with Gasteiger partial charge in [-0.3, -0.25) is 0 Å². The van der Waals surface area contributed by atoms with E-state index in [-0.39, 0.29) is 0 Å². The third-order valence-electron chi connectivity index (χ3n) is 2.31. The molecule has 2 aromatic rings. The van der Waals surface area contributed by atoms with Gasteiger partial charge in [-0.05, 0) is 27.6 Å². The SMILES string of the molecule is CCc1nc(Br)c2c(CN)cccn12. The van der Waals surface area contributed by atoms with Gasteiger partial charge in [0.15, 0.2) is 0 Å². The number of aryl methyl sites for hydroxylation is 1. The molecule has 2 N–H and O–H groups in total. The Hall–Kier alpha value is -0.870. The molecule has 0 aromatic carbocycles. The second-order valence-electron chi connectivity index (χ2n) is 3.13. The Morgan fingerprint density at radius 3 is 3.00 bits per heavy atom. The van der Waals surface area contributed by atoms with Gasteiger partial charge in [-0.25, -0.2) is 4.98 Å². The molecule has 0 unspecified atom stereocenters. The summed E-state index contributed by atoms with van der Waals surface area (Å²) in [5.41, 5.74) is 7.88. The quantitative estimate of drug-likeness (QED) is 0.891. The van der Waals surface area contributed by atoms with E-state index in [0.29, 0.717) is 6.54 Å². The lowest BCUT2D eigenvalue weighted by Gasteiger charge is -2.02. The molecule has 2 rings (SSSR count). The summed E-state index contributed by atoms with van der Waals surface area (Å²) in [5, 5.41) is 0. The van der Waals surface area contributed by atoms with E-state index in [1.807, 2.05) is 18.3 Å². The van der Waals surface area contributed by atoms with E-state index in [2.05, 4.69) is 32.2 Å². The smallest absolute Gasteiger partial charge is 0.132 e. The summed E-state index contributed by atoms with van der Waals surface area (Å²) in [4.78, 5) is 4.44. The van der Waals surface area contributed by atoms with Crippen LogP contribution in [0, 0.1) is 0 Å². The molecule has 0 aliphatic carbocycles. The highest BCUT2D eigenvalue weighted by atomic mass is 79.9. The number of nitrogens with two attached hydrogens (primary N) is 1. The number of fused-ring (bicyclic) bond motifs is 1. The van der Waals surface area contributed by atoms with Gasteiger partial charge in [0, 0.05) is 19.2 Å². The summed E-state index contributed by atoms with van der Waals surface area (Å²) in [6.45, 7) is 2.63. The molecule has 2 aromatic heterocycles. The van der Waals surface area contributed by atoms with E-state index in [9.17, 15) is 0 Å². The second kappa shape index (κ2) is 3.71. The minimum absolute atomic E-state index is 0.539. The summed E-state index contributed by atoms with van der Waals surface area (Å²) < 4.78 is 2.97. The molecule has 0 atom stereocenters. The lowest BCUT2D eigenvalue weighted by molar-refractivity contribution is 0.925. The monoisotopic (exact) mass is 253 g/mol. The molecule has 2 heterocycles. The van der Waals surface area contributed by atoms with Crippen molar-refractivity contribution in [3.63, 3.8) is 0 Å². The number of aromatic nitrogens is 2. The summed E-state index contributed by atoms with van der Waals surface area (Å²) in [6.07, 6.45) is 2.94. The lowest BCUT2D eigenvalue weighted by Crippen LogP contribution is -2.00. The zero-order valence-corrected chi connectivity index (χ0v) is 9.58. The van der Waals surface area contributed by atoms with Crippen molar-refractivity contribution in [3.05, 3.63) is 34.3 Å². The van der Waals surface area contributed by atoms with Crippen LogP contribution in [0.15, 0.2) is 22.9 Å². The maximum atomic E-state index is 5.67. The van der Waals surface area contributed by atoms with Crippen molar-refractivity contribution in [2.75, 3.05) is 0 Å². The largest absolute Gasteiger partial charge is 0.326 e. The van der Waals surface area contributed by atoms with Crippen LogP contribution in [0.3, 0.4) is 0 Å². The van der Waals surface area contributed by atoms with Crippen LogP contribution in [-0.2, 0) is 13.0 Å². The van der Waals surface area contributed by atoms with Gasteiger partial charge in [0.2, 0.25) is 0 Å². The van der Waals surface area contributed by atoms with Crippen molar-refractivity contribution in [2.45, 2.75) is 19.9 Å². The van der Waals surface area contributed by atoms with Crippen molar-refractivity contribution >= 4 is 21.4 Å². The van der Waals surface area contributed by atoms with Crippen LogP contribution in [-0.4, -0.2) is 9.38 Å². The van der Waals surface area contributed by atoms with Gasteiger partial charge in [-0.1, -0.05) is 13.0 Å². The number of hydrogen-bond donors (Lipinski definition) is 1. The Kier molecular flexibility index (Phi) is 2.56. The average molecular weight is 254 g/mol. The zero-order valence-electron chi connectivity index (χ0n) is 8.00. The van der Waals surface area contributed by atoms with Gasteiger partial charge in [0.25, 0.3) is 0 Å². The van der Waals surface area contributed by atoms with Crippen LogP contribution < -0.4 is 5.73 Å². The molecule has 0 saturated heterocycles. The number of pyridine rings is 1. The average Bonchev–Trinajstić information content (AvgIpc) is 2.55. The fourth-order valence-electron chi connectivity index (χ4n) is 1.63. The molecule has 0 radical (unpaired) electrons. The molecule has 0 fully saturated rings. The van der Waals surface area contributed by atoms with E-state index >= 15 is 0 Å². The number of imidazole rings is 1. The van der Waals surface area contributed by atoms with Crippen LogP contribution in [0.4, 0.5) is 0 Å². The Morgan fingerprint density at radius 1 is 1.57 bits per heavy atom.